The summed E-state index contributed by atoms with van der Waals surface area (Å²) in [6.45, 7) is 3.51. The van der Waals surface area contributed by atoms with Gasteiger partial charge in [-0.2, -0.15) is 0 Å². The molecule has 2 N–H and O–H groups in total. The first-order chi connectivity index (χ1) is 12.5. The van der Waals surface area contributed by atoms with Crippen molar-refractivity contribution < 1.29 is 24.7 Å². The average Bonchev–Trinajstić information content (AvgIpc) is 2.56. The van der Waals surface area contributed by atoms with Crippen molar-refractivity contribution in [1.29, 1.82) is 0 Å². The third-order valence-corrected chi connectivity index (χ3v) is 3.03. The van der Waals surface area contributed by atoms with E-state index in [9.17, 15) is 35.1 Å². The van der Waals surface area contributed by atoms with Crippen molar-refractivity contribution in [2.45, 2.75) is 13.8 Å². The van der Waals surface area contributed by atoms with Crippen LogP contribution in [0.2, 0.25) is 0 Å². The number of aryl methyl sites for hydroxylation is 1. The number of non-ortho nitro benzene ring substituents is 1. The second-order valence-electron chi connectivity index (χ2n) is 5.15. The minimum atomic E-state index is -1.21. The summed E-state index contributed by atoms with van der Waals surface area (Å²) in [6.07, 6.45) is 0. The molecule has 0 atom stereocenters. The summed E-state index contributed by atoms with van der Waals surface area (Å²) in [5.74, 6) is -1.24. The summed E-state index contributed by atoms with van der Waals surface area (Å²) in [5.41, 5.74) is -0.958. The molecule has 0 bridgehead atoms. The summed E-state index contributed by atoms with van der Waals surface area (Å²) in [7, 11) is 0. The number of amides is 1. The molecule has 0 heterocycles. The van der Waals surface area contributed by atoms with Gasteiger partial charge in [-0.15, -0.1) is 0 Å². The molecule has 0 aliphatic heterocycles. The van der Waals surface area contributed by atoms with Gasteiger partial charge in [-0.25, -0.2) is 0 Å². The highest BCUT2D eigenvalue weighted by molar-refractivity contribution is 5.88. The average molecular weight is 378 g/mol. The number of nitrogens with zero attached hydrogens (tertiary/aromatic N) is 3. The molecule has 2 aromatic carbocycles. The van der Waals surface area contributed by atoms with Gasteiger partial charge in [0.05, 0.1) is 26.9 Å². The number of phenols is 1. The predicted molar refractivity (Wildman–Crippen MR) is 93.6 cm³/mol. The molecular formula is C15H14N4O8. The van der Waals surface area contributed by atoms with Crippen molar-refractivity contribution in [3.8, 4) is 5.75 Å². The maximum atomic E-state index is 10.6. The zero-order valence-corrected chi connectivity index (χ0v) is 14.1. The fourth-order valence-corrected chi connectivity index (χ4v) is 1.81. The maximum Gasteiger partial charge on any atom is 0.324 e. The molecule has 1 amide bonds. The van der Waals surface area contributed by atoms with Gasteiger partial charge in [-0.3, -0.25) is 35.1 Å². The normalized spacial score (nSPS) is 9.56. The van der Waals surface area contributed by atoms with E-state index in [1.54, 1.807) is 0 Å². The van der Waals surface area contributed by atoms with Crippen molar-refractivity contribution in [3.63, 3.8) is 0 Å². The van der Waals surface area contributed by atoms with Crippen molar-refractivity contribution >= 4 is 28.7 Å². The van der Waals surface area contributed by atoms with Crippen LogP contribution in [0.5, 0.6) is 5.75 Å². The smallest absolute Gasteiger partial charge is 0.324 e. The summed E-state index contributed by atoms with van der Waals surface area (Å²) in [4.78, 5) is 38.4. The van der Waals surface area contributed by atoms with E-state index >= 15 is 0 Å². The number of nitro benzene ring substituents is 3. The molecule has 0 aromatic heterocycles. The number of carbonyl (C=O) groups is 1. The lowest BCUT2D eigenvalue weighted by atomic mass is 10.2. The molecule has 12 heteroatoms. The summed E-state index contributed by atoms with van der Waals surface area (Å²) < 4.78 is 0. The summed E-state index contributed by atoms with van der Waals surface area (Å²) >= 11 is 0. The van der Waals surface area contributed by atoms with Crippen LogP contribution in [0, 0.1) is 37.3 Å². The lowest BCUT2D eigenvalue weighted by Crippen LogP contribution is -2.05. The molecule has 27 heavy (non-hydrogen) atoms. The first-order valence-corrected chi connectivity index (χ1v) is 7.17. The minimum Gasteiger partial charge on any atom is -0.497 e. The van der Waals surface area contributed by atoms with Gasteiger partial charge in [0.1, 0.15) is 0 Å². The third kappa shape index (κ3) is 6.04. The second-order valence-corrected chi connectivity index (χ2v) is 5.15. The molecule has 0 saturated heterocycles. The molecule has 142 valence electrons. The number of carbonyl (C=O) groups excluding carboxylic acids is 1. The van der Waals surface area contributed by atoms with Crippen molar-refractivity contribution in [3.05, 3.63) is 72.3 Å². The topological polar surface area (TPSA) is 179 Å². The van der Waals surface area contributed by atoms with Crippen LogP contribution in [-0.2, 0) is 4.79 Å². The number of aromatic hydroxyl groups is 1. The third-order valence-electron chi connectivity index (χ3n) is 3.03. The Hall–Kier alpha value is -4.09. The molecule has 2 aromatic rings. The Morgan fingerprint density at radius 3 is 1.70 bits per heavy atom. The number of nitro groups is 3. The van der Waals surface area contributed by atoms with Crippen LogP contribution in [0.3, 0.4) is 0 Å². The fourth-order valence-electron chi connectivity index (χ4n) is 1.81. The lowest BCUT2D eigenvalue weighted by Gasteiger charge is -2.00. The molecule has 2 rings (SSSR count). The van der Waals surface area contributed by atoms with Crippen LogP contribution in [0.1, 0.15) is 12.5 Å². The van der Waals surface area contributed by atoms with E-state index in [1.807, 2.05) is 31.2 Å². The monoisotopic (exact) mass is 378 g/mol. The quantitative estimate of drug-likeness (QED) is 0.601. The van der Waals surface area contributed by atoms with Gasteiger partial charge in [0.15, 0.2) is 0 Å². The number of nitrogens with one attached hydrogen (secondary N) is 1. The highest BCUT2D eigenvalue weighted by atomic mass is 16.6. The molecule has 0 fully saturated rings. The Morgan fingerprint density at radius 2 is 1.37 bits per heavy atom. The molecule has 0 spiro atoms. The van der Waals surface area contributed by atoms with Crippen LogP contribution in [-0.4, -0.2) is 25.8 Å². The molecule has 0 aliphatic carbocycles. The van der Waals surface area contributed by atoms with E-state index in [4.69, 9.17) is 5.11 Å². The molecule has 12 nitrogen and oxygen atoms in total. The molecule has 0 unspecified atom stereocenters. The Labute approximate surface area is 151 Å². The zero-order valence-electron chi connectivity index (χ0n) is 14.1. The van der Waals surface area contributed by atoms with Crippen LogP contribution in [0.15, 0.2) is 36.4 Å². The fraction of sp³-hybridized carbons (Fsp3) is 0.133. The van der Waals surface area contributed by atoms with E-state index in [1.165, 1.54) is 12.5 Å². The number of anilines is 1. The van der Waals surface area contributed by atoms with E-state index in [0.29, 0.717) is 12.1 Å². The van der Waals surface area contributed by atoms with Crippen molar-refractivity contribution in [2.24, 2.45) is 0 Å². The second kappa shape index (κ2) is 8.84. The Balaban J connectivity index is 0.000000289. The maximum absolute atomic E-state index is 10.6. The standard InChI is InChI=1S/C9H11NO.C6H3N3O7/c1-7-3-5-9(6-4-7)10-8(2)11;10-6-4(8(13)14)1-3(7(11)12)2-5(6)9(15)16/h3-6H,1-2H3,(H,10,11);1-2,10H. The van der Waals surface area contributed by atoms with Crippen LogP contribution in [0.25, 0.3) is 0 Å². The van der Waals surface area contributed by atoms with Crippen molar-refractivity contribution in [1.82, 2.24) is 0 Å². The molecule has 0 saturated carbocycles. The molecule has 0 aliphatic rings. The SMILES string of the molecule is CC(=O)Nc1ccc(C)cc1.O=[N+]([O-])c1cc([N+](=O)[O-])c(O)c([N+](=O)[O-])c1. The zero-order chi connectivity index (χ0) is 20.7. The van der Waals surface area contributed by atoms with Gasteiger partial charge in [0.25, 0.3) is 11.4 Å². The van der Waals surface area contributed by atoms with E-state index < -0.39 is 37.6 Å². The Morgan fingerprint density at radius 1 is 0.926 bits per heavy atom. The van der Waals surface area contributed by atoms with Gasteiger partial charge in [-0.1, -0.05) is 17.7 Å². The van der Waals surface area contributed by atoms with Crippen LogP contribution >= 0.6 is 0 Å². The van der Waals surface area contributed by atoms with E-state index in [2.05, 4.69) is 5.32 Å². The van der Waals surface area contributed by atoms with Gasteiger partial charge in [0, 0.05) is 12.6 Å². The molecule has 0 radical (unpaired) electrons. The highest BCUT2D eigenvalue weighted by Crippen LogP contribution is 2.38. The molecular weight excluding hydrogens is 364 g/mol. The first-order valence-electron chi connectivity index (χ1n) is 7.17. The highest BCUT2D eigenvalue weighted by Gasteiger charge is 2.30. The van der Waals surface area contributed by atoms with Gasteiger partial charge in [0.2, 0.25) is 5.91 Å². The van der Waals surface area contributed by atoms with Crippen LogP contribution < -0.4 is 5.32 Å². The van der Waals surface area contributed by atoms with Gasteiger partial charge >= 0.3 is 11.4 Å². The largest absolute Gasteiger partial charge is 0.497 e. The first kappa shape index (κ1) is 21.0. The number of hydrogen-bond acceptors (Lipinski definition) is 8. The number of rotatable bonds is 4. The summed E-state index contributed by atoms with van der Waals surface area (Å²) in [6, 6.07) is 8.59. The predicted octanol–water partition coefficient (Wildman–Crippen LogP) is 3.07. The van der Waals surface area contributed by atoms with Gasteiger partial charge in [-0.05, 0) is 19.1 Å². The lowest BCUT2D eigenvalue weighted by molar-refractivity contribution is -0.404. The number of hydrogen-bond donors (Lipinski definition) is 2. The van der Waals surface area contributed by atoms with Crippen molar-refractivity contribution in [2.75, 3.05) is 5.32 Å². The van der Waals surface area contributed by atoms with Crippen LogP contribution in [0.4, 0.5) is 22.7 Å². The number of phenolic OH excluding ortho intramolecular Hbond substituents is 1. The number of benzene rings is 2. The Bertz CT molecular complexity index is 860. The minimum absolute atomic E-state index is 0.0335. The van der Waals surface area contributed by atoms with E-state index in [-0.39, 0.29) is 5.91 Å². The Kier molecular flexibility index (Phi) is 6.86. The van der Waals surface area contributed by atoms with Gasteiger partial charge < -0.3 is 10.4 Å². The van der Waals surface area contributed by atoms with E-state index in [0.717, 1.165) is 5.69 Å². The summed E-state index contributed by atoms with van der Waals surface area (Å²) in [5, 5.41) is 42.9.